The number of allylic oxidation sites excluding steroid dienone is 2. The van der Waals surface area contributed by atoms with E-state index in [0.717, 1.165) is 18.4 Å². The highest BCUT2D eigenvalue weighted by Gasteiger charge is 2.20. The quantitative estimate of drug-likeness (QED) is 0.620. The van der Waals surface area contributed by atoms with Crippen LogP contribution in [-0.2, 0) is 4.79 Å². The number of Topliss-reactive ketones (excluding diaryl/α,β-unsaturated/α-hetero) is 1. The Morgan fingerprint density at radius 3 is 2.23 bits per heavy atom. The van der Waals surface area contributed by atoms with E-state index in [1.165, 1.54) is 12.0 Å². The van der Waals surface area contributed by atoms with Crippen LogP contribution < -0.4 is 0 Å². The molecule has 0 saturated heterocycles. The fourth-order valence-corrected chi connectivity index (χ4v) is 1.60. The highest BCUT2D eigenvalue weighted by atomic mass is 79.9. The summed E-state index contributed by atoms with van der Waals surface area (Å²) < 4.78 is 0. The zero-order valence-electron chi connectivity index (χ0n) is 8.42. The van der Waals surface area contributed by atoms with Crippen LogP contribution in [-0.4, -0.2) is 5.78 Å². The maximum Gasteiger partial charge on any atom is 0.159 e. The molecule has 1 atom stereocenters. The minimum Gasteiger partial charge on any atom is -0.295 e. The summed E-state index contributed by atoms with van der Waals surface area (Å²) in [7, 11) is 0. The third kappa shape index (κ3) is 4.41. The number of hydrogen-bond donors (Lipinski definition) is 0. The lowest BCUT2D eigenvalue weighted by Gasteiger charge is -2.19. The molecule has 1 aliphatic carbocycles. The SMILES string of the molecule is Br.Br.CC(C)=C1CC[C@@H](C)CC1=O. The standard InChI is InChI=1S/C10H16O.2BrH/c1-7(2)9-5-4-8(3)6-10(9)11;;/h8H,4-6H2,1-3H3;2*1H/t8-;;/m1../s1. The number of carbonyl (C=O) groups is 1. The fourth-order valence-electron chi connectivity index (χ4n) is 1.60. The van der Waals surface area contributed by atoms with Crippen LogP contribution in [0.4, 0.5) is 0 Å². The largest absolute Gasteiger partial charge is 0.295 e. The van der Waals surface area contributed by atoms with E-state index in [0.29, 0.717) is 11.7 Å². The molecule has 1 aliphatic rings. The zero-order chi connectivity index (χ0) is 8.43. The van der Waals surface area contributed by atoms with Crippen molar-refractivity contribution in [1.82, 2.24) is 0 Å². The van der Waals surface area contributed by atoms with E-state index in [2.05, 4.69) is 6.92 Å². The first-order chi connectivity index (χ1) is 5.11. The van der Waals surface area contributed by atoms with Gasteiger partial charge in [-0.15, -0.1) is 34.0 Å². The molecule has 0 amide bonds. The molecule has 1 saturated carbocycles. The Kier molecular flexibility index (Phi) is 8.24. The Morgan fingerprint density at radius 2 is 1.85 bits per heavy atom. The van der Waals surface area contributed by atoms with Crippen molar-refractivity contribution in [3.63, 3.8) is 0 Å². The normalized spacial score (nSPS) is 21.6. The minimum atomic E-state index is 0. The topological polar surface area (TPSA) is 17.1 Å². The lowest BCUT2D eigenvalue weighted by Crippen LogP contribution is -2.16. The molecule has 0 heterocycles. The van der Waals surface area contributed by atoms with Crippen molar-refractivity contribution in [2.24, 2.45) is 5.92 Å². The van der Waals surface area contributed by atoms with Crippen LogP contribution in [0.25, 0.3) is 0 Å². The average Bonchev–Trinajstić information content (AvgIpc) is 1.85. The molecule has 1 nitrogen and oxygen atoms in total. The van der Waals surface area contributed by atoms with Crippen molar-refractivity contribution in [3.8, 4) is 0 Å². The number of rotatable bonds is 0. The maximum atomic E-state index is 11.4. The van der Waals surface area contributed by atoms with Crippen molar-refractivity contribution in [3.05, 3.63) is 11.1 Å². The van der Waals surface area contributed by atoms with Crippen LogP contribution in [0.5, 0.6) is 0 Å². The molecular weight excluding hydrogens is 296 g/mol. The predicted molar refractivity (Wildman–Crippen MR) is 67.0 cm³/mol. The molecule has 0 aromatic rings. The van der Waals surface area contributed by atoms with Gasteiger partial charge in [0.1, 0.15) is 0 Å². The lowest BCUT2D eigenvalue weighted by molar-refractivity contribution is -0.117. The van der Waals surface area contributed by atoms with Crippen LogP contribution in [0, 0.1) is 5.92 Å². The van der Waals surface area contributed by atoms with Gasteiger partial charge in [0.2, 0.25) is 0 Å². The second-order valence-electron chi connectivity index (χ2n) is 3.75. The number of halogens is 2. The summed E-state index contributed by atoms with van der Waals surface area (Å²) in [6.07, 6.45) is 2.95. The molecule has 0 aliphatic heterocycles. The molecule has 0 aromatic carbocycles. The second kappa shape index (κ2) is 6.77. The number of hydrogen-bond acceptors (Lipinski definition) is 1. The van der Waals surface area contributed by atoms with E-state index >= 15 is 0 Å². The summed E-state index contributed by atoms with van der Waals surface area (Å²) in [5.74, 6) is 0.981. The molecule has 0 radical (unpaired) electrons. The molecule has 3 heteroatoms. The van der Waals surface area contributed by atoms with Gasteiger partial charge in [-0.05, 0) is 38.2 Å². The van der Waals surface area contributed by atoms with Crippen molar-refractivity contribution in [2.45, 2.75) is 40.0 Å². The van der Waals surface area contributed by atoms with E-state index in [9.17, 15) is 4.79 Å². The monoisotopic (exact) mass is 312 g/mol. The molecule has 0 aromatic heterocycles. The third-order valence-corrected chi connectivity index (χ3v) is 2.36. The molecule has 0 unspecified atom stereocenters. The first-order valence-corrected chi connectivity index (χ1v) is 4.31. The van der Waals surface area contributed by atoms with Crippen molar-refractivity contribution >= 4 is 39.7 Å². The highest BCUT2D eigenvalue weighted by Crippen LogP contribution is 2.26. The van der Waals surface area contributed by atoms with Gasteiger partial charge in [0.05, 0.1) is 0 Å². The highest BCUT2D eigenvalue weighted by molar-refractivity contribution is 8.93. The first-order valence-electron chi connectivity index (χ1n) is 4.31. The Labute approximate surface area is 102 Å². The van der Waals surface area contributed by atoms with Crippen molar-refractivity contribution in [1.29, 1.82) is 0 Å². The van der Waals surface area contributed by atoms with Gasteiger partial charge in [-0.1, -0.05) is 12.5 Å². The van der Waals surface area contributed by atoms with Crippen LogP contribution in [0.3, 0.4) is 0 Å². The number of ketones is 1. The summed E-state index contributed by atoms with van der Waals surface area (Å²) in [4.78, 5) is 11.4. The summed E-state index contributed by atoms with van der Waals surface area (Å²) in [5.41, 5.74) is 2.30. The molecular formula is C10H18Br2O. The maximum absolute atomic E-state index is 11.4. The summed E-state index contributed by atoms with van der Waals surface area (Å²) in [5, 5.41) is 0. The van der Waals surface area contributed by atoms with Crippen LogP contribution in [0.2, 0.25) is 0 Å². The fraction of sp³-hybridized carbons (Fsp3) is 0.700. The molecule has 13 heavy (non-hydrogen) atoms. The van der Waals surface area contributed by atoms with Gasteiger partial charge in [-0.3, -0.25) is 4.79 Å². The van der Waals surface area contributed by atoms with E-state index in [-0.39, 0.29) is 34.0 Å². The van der Waals surface area contributed by atoms with Gasteiger partial charge in [0.25, 0.3) is 0 Å². The van der Waals surface area contributed by atoms with E-state index in [1.54, 1.807) is 0 Å². The lowest BCUT2D eigenvalue weighted by atomic mass is 9.84. The zero-order valence-corrected chi connectivity index (χ0v) is 11.8. The Bertz CT molecular complexity index is 205. The first kappa shape index (κ1) is 15.8. The second-order valence-corrected chi connectivity index (χ2v) is 3.75. The summed E-state index contributed by atoms with van der Waals surface area (Å²) in [6.45, 7) is 6.21. The van der Waals surface area contributed by atoms with Gasteiger partial charge in [-0.2, -0.15) is 0 Å². The molecule has 0 bridgehead atoms. The minimum absolute atomic E-state index is 0. The van der Waals surface area contributed by atoms with Crippen molar-refractivity contribution in [2.75, 3.05) is 0 Å². The van der Waals surface area contributed by atoms with Gasteiger partial charge < -0.3 is 0 Å². The Hall–Kier alpha value is 0.370. The van der Waals surface area contributed by atoms with Crippen molar-refractivity contribution < 1.29 is 4.79 Å². The molecule has 0 N–H and O–H groups in total. The van der Waals surface area contributed by atoms with Crippen LogP contribution in [0.15, 0.2) is 11.1 Å². The summed E-state index contributed by atoms with van der Waals surface area (Å²) >= 11 is 0. The Balaban J connectivity index is 0. The molecule has 1 rings (SSSR count). The average molecular weight is 314 g/mol. The van der Waals surface area contributed by atoms with Crippen LogP contribution >= 0.6 is 34.0 Å². The van der Waals surface area contributed by atoms with Crippen LogP contribution in [0.1, 0.15) is 40.0 Å². The van der Waals surface area contributed by atoms with E-state index in [4.69, 9.17) is 0 Å². The summed E-state index contributed by atoms with van der Waals surface area (Å²) in [6, 6.07) is 0. The Morgan fingerprint density at radius 1 is 1.31 bits per heavy atom. The number of carbonyl (C=O) groups excluding carboxylic acids is 1. The molecule has 78 valence electrons. The van der Waals surface area contributed by atoms with Gasteiger partial charge in [-0.25, -0.2) is 0 Å². The molecule has 0 spiro atoms. The van der Waals surface area contributed by atoms with Gasteiger partial charge >= 0.3 is 0 Å². The van der Waals surface area contributed by atoms with E-state index in [1.807, 2.05) is 13.8 Å². The third-order valence-electron chi connectivity index (χ3n) is 2.36. The van der Waals surface area contributed by atoms with E-state index < -0.39 is 0 Å². The van der Waals surface area contributed by atoms with Gasteiger partial charge in [0, 0.05) is 6.42 Å². The molecule has 1 fully saturated rings. The van der Waals surface area contributed by atoms with Gasteiger partial charge in [0.15, 0.2) is 5.78 Å². The smallest absolute Gasteiger partial charge is 0.159 e. The predicted octanol–water partition coefficient (Wildman–Crippen LogP) is 3.87.